The molecule has 0 spiro atoms. The second kappa shape index (κ2) is 6.60. The summed E-state index contributed by atoms with van der Waals surface area (Å²) in [7, 11) is 1.60. The molecule has 4 rings (SSSR count). The van der Waals surface area contributed by atoms with Crippen LogP contribution in [-0.2, 0) is 4.74 Å². The number of rotatable bonds is 6. The molecule has 0 saturated heterocycles. The molecule has 1 N–H and O–H groups in total. The number of fused-ring (bicyclic) bond motifs is 1. The maximum absolute atomic E-state index is 12.6. The van der Waals surface area contributed by atoms with Gasteiger partial charge >= 0.3 is 0 Å². The number of amides is 1. The Balaban J connectivity index is 1.56. The van der Waals surface area contributed by atoms with Crippen molar-refractivity contribution in [1.29, 1.82) is 0 Å². The van der Waals surface area contributed by atoms with Crippen LogP contribution in [0.2, 0.25) is 0 Å². The van der Waals surface area contributed by atoms with Crippen molar-refractivity contribution in [2.45, 2.75) is 24.9 Å². The number of aromatic nitrogens is 4. The van der Waals surface area contributed by atoms with Crippen molar-refractivity contribution in [3.8, 4) is 0 Å². The fraction of sp³-hybridized carbons (Fsp3) is 0.333. The van der Waals surface area contributed by atoms with Gasteiger partial charge in [-0.15, -0.1) is 0 Å². The van der Waals surface area contributed by atoms with E-state index in [0.717, 1.165) is 29.7 Å². The first-order valence-corrected chi connectivity index (χ1v) is 8.29. The first-order valence-electron chi connectivity index (χ1n) is 8.29. The van der Waals surface area contributed by atoms with Crippen LogP contribution in [0.5, 0.6) is 0 Å². The molecular formula is C18H19N5O2. The molecule has 3 heterocycles. The molecule has 1 unspecified atom stereocenters. The zero-order valence-corrected chi connectivity index (χ0v) is 13.9. The van der Waals surface area contributed by atoms with Crippen molar-refractivity contribution in [2.24, 2.45) is 0 Å². The molecule has 7 nitrogen and oxygen atoms in total. The number of pyridine rings is 2. The summed E-state index contributed by atoms with van der Waals surface area (Å²) in [5.74, 6) is -0.219. The van der Waals surface area contributed by atoms with Gasteiger partial charge in [0.2, 0.25) is 0 Å². The van der Waals surface area contributed by atoms with Gasteiger partial charge in [-0.2, -0.15) is 0 Å². The van der Waals surface area contributed by atoms with E-state index >= 15 is 0 Å². The molecule has 7 heteroatoms. The third kappa shape index (κ3) is 3.23. The highest BCUT2D eigenvalue weighted by atomic mass is 16.5. The highest BCUT2D eigenvalue weighted by Crippen LogP contribution is 2.36. The first-order chi connectivity index (χ1) is 12.3. The summed E-state index contributed by atoms with van der Waals surface area (Å²) >= 11 is 0. The van der Waals surface area contributed by atoms with Crippen molar-refractivity contribution in [1.82, 2.24) is 24.8 Å². The summed E-state index contributed by atoms with van der Waals surface area (Å²) in [6.07, 6.45) is 7.43. The molecule has 128 valence electrons. The maximum Gasteiger partial charge on any atom is 0.253 e. The van der Waals surface area contributed by atoms with Gasteiger partial charge in [0.15, 0.2) is 5.65 Å². The van der Waals surface area contributed by atoms with Gasteiger partial charge in [0, 0.05) is 25.5 Å². The Morgan fingerprint density at radius 1 is 1.36 bits per heavy atom. The van der Waals surface area contributed by atoms with Gasteiger partial charge in [-0.3, -0.25) is 9.78 Å². The minimum atomic E-state index is -0.321. The van der Waals surface area contributed by atoms with E-state index < -0.39 is 0 Å². The van der Waals surface area contributed by atoms with Crippen LogP contribution in [0.4, 0.5) is 0 Å². The molecule has 1 saturated carbocycles. The van der Waals surface area contributed by atoms with Gasteiger partial charge < -0.3 is 14.6 Å². The van der Waals surface area contributed by atoms with E-state index in [1.54, 1.807) is 31.9 Å². The second-order valence-corrected chi connectivity index (χ2v) is 6.19. The summed E-state index contributed by atoms with van der Waals surface area (Å²) in [5, 5.41) is 2.96. The number of hydrogen-bond donors (Lipinski definition) is 1. The Morgan fingerprint density at radius 3 is 2.96 bits per heavy atom. The topological polar surface area (TPSA) is 81.9 Å². The molecule has 1 fully saturated rings. The van der Waals surface area contributed by atoms with Crippen LogP contribution in [0, 0.1) is 0 Å². The summed E-state index contributed by atoms with van der Waals surface area (Å²) in [4.78, 5) is 25.8. The number of methoxy groups -OCH3 is 1. The number of carbonyl (C=O) groups is 1. The van der Waals surface area contributed by atoms with E-state index in [2.05, 4.69) is 24.8 Å². The minimum absolute atomic E-state index is 0.219. The largest absolute Gasteiger partial charge is 0.382 e. The summed E-state index contributed by atoms with van der Waals surface area (Å²) in [6.45, 7) is 0.342. The number of hydrogen-bond acceptors (Lipinski definition) is 5. The Labute approximate surface area is 145 Å². The molecule has 1 aliphatic carbocycles. The van der Waals surface area contributed by atoms with Crippen LogP contribution in [0.3, 0.4) is 0 Å². The smallest absolute Gasteiger partial charge is 0.253 e. The van der Waals surface area contributed by atoms with Crippen molar-refractivity contribution < 1.29 is 9.53 Å². The highest BCUT2D eigenvalue weighted by molar-refractivity contribution is 5.96. The fourth-order valence-electron chi connectivity index (χ4n) is 2.85. The number of nitrogens with one attached hydrogen (secondary N) is 1. The molecule has 0 bridgehead atoms. The van der Waals surface area contributed by atoms with Crippen LogP contribution >= 0.6 is 0 Å². The van der Waals surface area contributed by atoms with E-state index in [9.17, 15) is 4.79 Å². The monoisotopic (exact) mass is 337 g/mol. The van der Waals surface area contributed by atoms with Gasteiger partial charge in [-0.05, 0) is 31.0 Å². The van der Waals surface area contributed by atoms with Crippen molar-refractivity contribution in [2.75, 3.05) is 13.7 Å². The van der Waals surface area contributed by atoms with E-state index in [-0.39, 0.29) is 11.9 Å². The molecule has 3 aromatic rings. The van der Waals surface area contributed by atoms with Gasteiger partial charge in [0.05, 0.1) is 30.2 Å². The van der Waals surface area contributed by atoms with Gasteiger partial charge in [0.1, 0.15) is 5.52 Å². The van der Waals surface area contributed by atoms with E-state index in [0.29, 0.717) is 18.2 Å². The summed E-state index contributed by atoms with van der Waals surface area (Å²) in [6, 6.07) is 7.55. The third-order valence-corrected chi connectivity index (χ3v) is 4.30. The number of ether oxygens (including phenoxy) is 1. The number of imidazole rings is 1. The SMILES string of the molecule is COCC(NC(=O)c1cnc2c(c1)ncn2C1CC1)c1ccccn1. The molecular weight excluding hydrogens is 318 g/mol. The van der Waals surface area contributed by atoms with Crippen LogP contribution in [0.15, 0.2) is 43.0 Å². The molecule has 0 radical (unpaired) electrons. The van der Waals surface area contributed by atoms with Crippen LogP contribution < -0.4 is 5.32 Å². The average Bonchev–Trinajstić information content (AvgIpc) is 3.40. The number of carbonyl (C=O) groups excluding carboxylic acids is 1. The lowest BCUT2D eigenvalue weighted by Gasteiger charge is -2.17. The lowest BCUT2D eigenvalue weighted by molar-refractivity contribution is 0.0894. The van der Waals surface area contributed by atoms with Crippen LogP contribution in [-0.4, -0.2) is 39.1 Å². The second-order valence-electron chi connectivity index (χ2n) is 6.19. The minimum Gasteiger partial charge on any atom is -0.382 e. The zero-order chi connectivity index (χ0) is 17.2. The molecule has 1 amide bonds. The lowest BCUT2D eigenvalue weighted by atomic mass is 10.1. The Morgan fingerprint density at radius 2 is 2.24 bits per heavy atom. The molecule has 1 aliphatic rings. The fourth-order valence-corrected chi connectivity index (χ4v) is 2.85. The molecule has 1 atom stereocenters. The van der Waals surface area contributed by atoms with E-state index in [1.165, 1.54) is 0 Å². The normalized spacial score (nSPS) is 15.2. The molecule has 0 aliphatic heterocycles. The van der Waals surface area contributed by atoms with Crippen molar-refractivity contribution >= 4 is 17.1 Å². The Bertz CT molecular complexity index is 889. The van der Waals surface area contributed by atoms with Gasteiger partial charge in [-0.1, -0.05) is 6.07 Å². The predicted molar refractivity (Wildman–Crippen MR) is 92.1 cm³/mol. The third-order valence-electron chi connectivity index (χ3n) is 4.30. The van der Waals surface area contributed by atoms with Crippen molar-refractivity contribution in [3.63, 3.8) is 0 Å². The lowest BCUT2D eigenvalue weighted by Crippen LogP contribution is -2.32. The number of nitrogens with zero attached hydrogens (tertiary/aromatic N) is 4. The van der Waals surface area contributed by atoms with Crippen LogP contribution in [0.25, 0.3) is 11.2 Å². The summed E-state index contributed by atoms with van der Waals surface area (Å²) in [5.41, 5.74) is 2.80. The molecule has 3 aromatic heterocycles. The van der Waals surface area contributed by atoms with E-state index in [1.807, 2.05) is 18.2 Å². The predicted octanol–water partition coefficient (Wildman–Crippen LogP) is 2.28. The summed E-state index contributed by atoms with van der Waals surface area (Å²) < 4.78 is 7.30. The molecule has 0 aromatic carbocycles. The maximum atomic E-state index is 12.6. The van der Waals surface area contributed by atoms with Crippen LogP contribution in [0.1, 0.15) is 41.0 Å². The van der Waals surface area contributed by atoms with Crippen molar-refractivity contribution in [3.05, 3.63) is 54.2 Å². The average molecular weight is 337 g/mol. The first kappa shape index (κ1) is 15.7. The Hall–Kier alpha value is -2.80. The zero-order valence-electron chi connectivity index (χ0n) is 13.9. The van der Waals surface area contributed by atoms with Gasteiger partial charge in [0.25, 0.3) is 5.91 Å². The quantitative estimate of drug-likeness (QED) is 0.746. The highest BCUT2D eigenvalue weighted by Gasteiger charge is 2.26. The Kier molecular flexibility index (Phi) is 4.15. The van der Waals surface area contributed by atoms with Gasteiger partial charge in [-0.25, -0.2) is 9.97 Å². The molecule has 25 heavy (non-hydrogen) atoms. The van der Waals surface area contributed by atoms with E-state index in [4.69, 9.17) is 4.74 Å². The standard InChI is InChI=1S/C18H19N5O2/c1-25-10-16(14-4-2-3-7-19-14)22-18(24)12-8-15-17(20-9-12)23(11-21-15)13-5-6-13/h2-4,7-9,11,13,16H,5-6,10H2,1H3,(H,22,24).